The third kappa shape index (κ3) is 3.39. The second kappa shape index (κ2) is 7.36. The average molecular weight is 352 g/mol. The van der Waals surface area contributed by atoms with Gasteiger partial charge in [-0.3, -0.25) is 9.59 Å². The van der Waals surface area contributed by atoms with Gasteiger partial charge in [-0.1, -0.05) is 24.3 Å². The Balaban J connectivity index is 1.34. The van der Waals surface area contributed by atoms with Crippen LogP contribution in [-0.4, -0.2) is 29.8 Å². The molecule has 1 N–H and O–H groups in total. The molecule has 0 radical (unpaired) electrons. The van der Waals surface area contributed by atoms with Crippen molar-refractivity contribution in [2.24, 2.45) is 5.92 Å². The Morgan fingerprint density at radius 2 is 1.85 bits per heavy atom. The third-order valence-electron chi connectivity index (χ3n) is 5.57. The van der Waals surface area contributed by atoms with Gasteiger partial charge in [-0.05, 0) is 55.4 Å². The average Bonchev–Trinajstić information content (AvgIpc) is 3.23. The minimum Gasteiger partial charge on any atom is -0.459 e. The second-order valence-corrected chi connectivity index (χ2v) is 7.20. The zero-order chi connectivity index (χ0) is 17.9. The highest BCUT2D eigenvalue weighted by Gasteiger charge is 2.30. The fourth-order valence-corrected chi connectivity index (χ4v) is 4.09. The number of aryl methyl sites for hydroxylation is 1. The van der Waals surface area contributed by atoms with Crippen LogP contribution in [0.1, 0.15) is 53.4 Å². The molecule has 1 fully saturated rings. The Morgan fingerprint density at radius 3 is 2.62 bits per heavy atom. The summed E-state index contributed by atoms with van der Waals surface area (Å²) in [5.74, 6) is 0.378. The molecule has 5 nitrogen and oxygen atoms in total. The number of likely N-dealkylation sites (tertiary alicyclic amines) is 1. The van der Waals surface area contributed by atoms with Gasteiger partial charge in [0.05, 0.1) is 12.3 Å². The van der Waals surface area contributed by atoms with Crippen molar-refractivity contribution in [1.29, 1.82) is 0 Å². The molecule has 1 unspecified atom stereocenters. The summed E-state index contributed by atoms with van der Waals surface area (Å²) >= 11 is 0. The number of benzene rings is 1. The monoisotopic (exact) mass is 352 g/mol. The van der Waals surface area contributed by atoms with E-state index in [-0.39, 0.29) is 23.8 Å². The summed E-state index contributed by atoms with van der Waals surface area (Å²) in [6, 6.07) is 11.9. The van der Waals surface area contributed by atoms with E-state index >= 15 is 0 Å². The van der Waals surface area contributed by atoms with Crippen molar-refractivity contribution in [3.05, 3.63) is 59.5 Å². The van der Waals surface area contributed by atoms with E-state index in [2.05, 4.69) is 23.5 Å². The minimum absolute atomic E-state index is 0.0234. The summed E-state index contributed by atoms with van der Waals surface area (Å²) in [4.78, 5) is 26.8. The lowest BCUT2D eigenvalue weighted by atomic mass is 9.87. The summed E-state index contributed by atoms with van der Waals surface area (Å²) in [5, 5.41) is 3.26. The molecule has 2 amide bonds. The molecule has 136 valence electrons. The normalized spacial score (nSPS) is 20.5. The van der Waals surface area contributed by atoms with Crippen molar-refractivity contribution >= 4 is 11.8 Å². The molecule has 1 saturated heterocycles. The number of hydrogen-bond acceptors (Lipinski definition) is 3. The van der Waals surface area contributed by atoms with Crippen molar-refractivity contribution < 1.29 is 14.0 Å². The highest BCUT2D eigenvalue weighted by Crippen LogP contribution is 2.30. The number of nitrogens with one attached hydrogen (secondary N) is 1. The molecular formula is C21H24N2O3. The Labute approximate surface area is 153 Å². The van der Waals surface area contributed by atoms with Gasteiger partial charge < -0.3 is 14.6 Å². The van der Waals surface area contributed by atoms with Crippen LogP contribution in [0.15, 0.2) is 47.1 Å². The van der Waals surface area contributed by atoms with Gasteiger partial charge in [0, 0.05) is 19.0 Å². The molecule has 1 aromatic heterocycles. The number of carbonyl (C=O) groups excluding carboxylic acids is 2. The number of piperidine rings is 1. The summed E-state index contributed by atoms with van der Waals surface area (Å²) < 4.78 is 5.19. The zero-order valence-electron chi connectivity index (χ0n) is 14.8. The Hall–Kier alpha value is -2.56. The first-order chi connectivity index (χ1) is 12.7. The molecule has 4 rings (SSSR count). The van der Waals surface area contributed by atoms with Crippen LogP contribution in [0.2, 0.25) is 0 Å². The maximum atomic E-state index is 12.7. The predicted molar refractivity (Wildman–Crippen MR) is 97.6 cm³/mol. The van der Waals surface area contributed by atoms with Crippen molar-refractivity contribution in [3.8, 4) is 0 Å². The lowest BCUT2D eigenvalue weighted by molar-refractivity contribution is -0.127. The molecule has 1 aliphatic carbocycles. The van der Waals surface area contributed by atoms with Gasteiger partial charge in [-0.2, -0.15) is 0 Å². The van der Waals surface area contributed by atoms with Crippen LogP contribution >= 0.6 is 0 Å². The van der Waals surface area contributed by atoms with Crippen molar-refractivity contribution in [1.82, 2.24) is 10.2 Å². The molecule has 2 aliphatic rings. The maximum Gasteiger partial charge on any atom is 0.289 e. The first kappa shape index (κ1) is 16.9. The lowest BCUT2D eigenvalue weighted by Gasteiger charge is -2.33. The van der Waals surface area contributed by atoms with Crippen LogP contribution in [-0.2, 0) is 11.2 Å². The largest absolute Gasteiger partial charge is 0.459 e. The minimum atomic E-state index is -0.0879. The molecule has 0 spiro atoms. The maximum absolute atomic E-state index is 12.7. The summed E-state index contributed by atoms with van der Waals surface area (Å²) in [7, 11) is 0. The van der Waals surface area contributed by atoms with Crippen molar-refractivity contribution in [2.45, 2.75) is 38.1 Å². The molecule has 1 aliphatic heterocycles. The molecule has 0 bridgehead atoms. The van der Waals surface area contributed by atoms with E-state index in [0.29, 0.717) is 31.7 Å². The first-order valence-corrected chi connectivity index (χ1v) is 9.43. The van der Waals surface area contributed by atoms with Crippen molar-refractivity contribution in [3.63, 3.8) is 0 Å². The Kier molecular flexibility index (Phi) is 4.78. The van der Waals surface area contributed by atoms with E-state index in [4.69, 9.17) is 4.42 Å². The topological polar surface area (TPSA) is 62.6 Å². The number of carbonyl (C=O) groups is 2. The number of furan rings is 1. The van der Waals surface area contributed by atoms with E-state index in [1.807, 2.05) is 6.07 Å². The fraction of sp³-hybridized carbons (Fsp3) is 0.429. The Bertz CT molecular complexity index is 776. The van der Waals surface area contributed by atoms with Gasteiger partial charge in [0.2, 0.25) is 5.91 Å². The summed E-state index contributed by atoms with van der Waals surface area (Å²) in [6.45, 7) is 1.19. The molecule has 5 heteroatoms. The third-order valence-corrected chi connectivity index (χ3v) is 5.57. The number of fused-ring (bicyclic) bond motifs is 1. The van der Waals surface area contributed by atoms with Gasteiger partial charge in [0.15, 0.2) is 5.76 Å². The SMILES string of the molecule is O=C(NC1CCCc2ccccc21)C1CCN(C(=O)c2ccco2)CC1. The van der Waals surface area contributed by atoms with E-state index in [1.54, 1.807) is 17.0 Å². The van der Waals surface area contributed by atoms with Gasteiger partial charge >= 0.3 is 0 Å². The fourth-order valence-electron chi connectivity index (χ4n) is 4.09. The van der Waals surface area contributed by atoms with Crippen LogP contribution in [0, 0.1) is 5.92 Å². The Morgan fingerprint density at radius 1 is 1.04 bits per heavy atom. The molecular weight excluding hydrogens is 328 g/mol. The van der Waals surface area contributed by atoms with Crippen LogP contribution in [0.25, 0.3) is 0 Å². The van der Waals surface area contributed by atoms with Crippen molar-refractivity contribution in [2.75, 3.05) is 13.1 Å². The second-order valence-electron chi connectivity index (χ2n) is 7.20. The highest BCUT2D eigenvalue weighted by atomic mass is 16.3. The molecule has 2 heterocycles. The molecule has 1 aromatic carbocycles. The molecule has 0 saturated carbocycles. The quantitative estimate of drug-likeness (QED) is 0.922. The van der Waals surface area contributed by atoms with E-state index in [9.17, 15) is 9.59 Å². The zero-order valence-corrected chi connectivity index (χ0v) is 14.8. The standard InChI is InChI=1S/C21H24N2O3/c24-20(22-18-8-3-6-15-5-1-2-7-17(15)18)16-10-12-23(13-11-16)21(25)19-9-4-14-26-19/h1-2,4-5,7,9,14,16,18H,3,6,8,10-13H2,(H,22,24). The van der Waals surface area contributed by atoms with Crippen LogP contribution < -0.4 is 5.32 Å². The number of amides is 2. The van der Waals surface area contributed by atoms with Gasteiger partial charge in [0.1, 0.15) is 0 Å². The number of hydrogen-bond donors (Lipinski definition) is 1. The lowest BCUT2D eigenvalue weighted by Crippen LogP contribution is -2.44. The van der Waals surface area contributed by atoms with Crippen LogP contribution in [0.5, 0.6) is 0 Å². The van der Waals surface area contributed by atoms with Gasteiger partial charge in [-0.15, -0.1) is 0 Å². The van der Waals surface area contributed by atoms with E-state index in [0.717, 1.165) is 19.3 Å². The smallest absolute Gasteiger partial charge is 0.289 e. The van der Waals surface area contributed by atoms with Crippen LogP contribution in [0.4, 0.5) is 0 Å². The van der Waals surface area contributed by atoms with Gasteiger partial charge in [0.25, 0.3) is 5.91 Å². The van der Waals surface area contributed by atoms with Gasteiger partial charge in [-0.25, -0.2) is 0 Å². The molecule has 26 heavy (non-hydrogen) atoms. The van der Waals surface area contributed by atoms with Crippen LogP contribution in [0.3, 0.4) is 0 Å². The number of rotatable bonds is 3. The van der Waals surface area contributed by atoms with E-state index < -0.39 is 0 Å². The molecule has 1 atom stereocenters. The number of nitrogens with zero attached hydrogens (tertiary/aromatic N) is 1. The highest BCUT2D eigenvalue weighted by molar-refractivity contribution is 5.91. The molecule has 2 aromatic rings. The van der Waals surface area contributed by atoms with E-state index in [1.165, 1.54) is 17.4 Å². The first-order valence-electron chi connectivity index (χ1n) is 9.43. The summed E-state index contributed by atoms with van der Waals surface area (Å²) in [6.07, 6.45) is 6.11. The summed E-state index contributed by atoms with van der Waals surface area (Å²) in [5.41, 5.74) is 2.61. The predicted octanol–water partition coefficient (Wildman–Crippen LogP) is 3.33.